The first-order valence-electron chi connectivity index (χ1n) is 3.12. The second-order valence-electron chi connectivity index (χ2n) is 3.12. The molecule has 1 rings (SSSR count). The second-order valence-corrected chi connectivity index (χ2v) is 4.07. The molecule has 0 aromatic carbocycles. The number of rotatable bonds is 0. The smallest absolute Gasteiger partial charge is 0.421 e. The minimum Gasteiger partial charge on any atom is -0.443 e. The van der Waals surface area contributed by atoms with Crippen LogP contribution in [0.3, 0.4) is 0 Å². The third-order valence-electron chi connectivity index (χ3n) is 0.855. The highest BCUT2D eigenvalue weighted by Gasteiger charge is 2.30. The van der Waals surface area contributed by atoms with E-state index in [1.54, 1.807) is 4.31 Å². The van der Waals surface area contributed by atoms with Crippen LogP contribution >= 0.6 is 11.9 Å². The summed E-state index contributed by atoms with van der Waals surface area (Å²) in [6, 6.07) is 0. The monoisotopic (exact) mass is 161 g/mol. The molecule has 58 valence electrons. The van der Waals surface area contributed by atoms with Crippen LogP contribution in [0.4, 0.5) is 4.79 Å². The summed E-state index contributed by atoms with van der Waals surface area (Å²) in [7, 11) is 0. The first kappa shape index (κ1) is 7.72. The lowest BCUT2D eigenvalue weighted by Gasteiger charge is -2.18. The first-order valence-corrected chi connectivity index (χ1v) is 4.07. The van der Waals surface area contributed by atoms with Gasteiger partial charge >= 0.3 is 6.09 Å². The molecule has 0 atom stereocenters. The summed E-state index contributed by atoms with van der Waals surface area (Å²) in [5, 5.41) is 0. The molecular formula is C6H11NO2S. The van der Waals surface area contributed by atoms with Crippen molar-refractivity contribution < 1.29 is 9.53 Å². The minimum atomic E-state index is -0.361. The molecule has 0 aromatic rings. The molecule has 1 amide bonds. The van der Waals surface area contributed by atoms with E-state index >= 15 is 0 Å². The highest BCUT2D eigenvalue weighted by molar-refractivity contribution is 8.03. The van der Waals surface area contributed by atoms with E-state index in [2.05, 4.69) is 0 Å². The van der Waals surface area contributed by atoms with Gasteiger partial charge in [-0.25, -0.2) is 9.10 Å². The molecule has 3 nitrogen and oxygen atoms in total. The maximum absolute atomic E-state index is 10.9. The van der Waals surface area contributed by atoms with Gasteiger partial charge in [-0.1, -0.05) is 0 Å². The predicted molar refractivity (Wildman–Crippen MR) is 40.5 cm³/mol. The van der Waals surface area contributed by atoms with Crippen molar-refractivity contribution in [1.29, 1.82) is 0 Å². The fourth-order valence-electron chi connectivity index (χ4n) is 0.447. The Kier molecular flexibility index (Phi) is 1.81. The molecule has 10 heavy (non-hydrogen) atoms. The lowest BCUT2D eigenvalue weighted by atomic mass is 10.2. The zero-order valence-corrected chi connectivity index (χ0v) is 7.20. The highest BCUT2D eigenvalue weighted by Crippen LogP contribution is 2.29. The van der Waals surface area contributed by atoms with Gasteiger partial charge in [-0.3, -0.25) is 0 Å². The van der Waals surface area contributed by atoms with Crippen LogP contribution < -0.4 is 0 Å². The Morgan fingerprint density at radius 1 is 1.60 bits per heavy atom. The van der Waals surface area contributed by atoms with Crippen molar-refractivity contribution in [2.75, 3.05) is 5.88 Å². The summed E-state index contributed by atoms with van der Waals surface area (Å²) >= 11 is 1.48. The lowest BCUT2D eigenvalue weighted by molar-refractivity contribution is 0.0458. The molecule has 0 saturated carbocycles. The Morgan fingerprint density at radius 3 is 2.40 bits per heavy atom. The zero-order valence-electron chi connectivity index (χ0n) is 6.38. The van der Waals surface area contributed by atoms with Crippen LogP contribution in [0, 0.1) is 0 Å². The number of hydrogen-bond acceptors (Lipinski definition) is 3. The summed E-state index contributed by atoms with van der Waals surface area (Å²) in [5.74, 6) is 0.773. The molecule has 4 heteroatoms. The van der Waals surface area contributed by atoms with Crippen molar-refractivity contribution in [3.05, 3.63) is 0 Å². The largest absolute Gasteiger partial charge is 0.443 e. The Balaban J connectivity index is 2.30. The van der Waals surface area contributed by atoms with Crippen LogP contribution in [0.5, 0.6) is 0 Å². The van der Waals surface area contributed by atoms with Crippen LogP contribution in [0.1, 0.15) is 20.8 Å². The van der Waals surface area contributed by atoms with Gasteiger partial charge in [0.2, 0.25) is 0 Å². The van der Waals surface area contributed by atoms with Gasteiger partial charge in [0.15, 0.2) is 0 Å². The molecule has 1 fully saturated rings. The standard InChI is InChI=1S/C6H11NO2S/c1-6(2,3)9-5(8)7-4-10-7/h4H2,1-3H3. The molecule has 0 aliphatic carbocycles. The molecule has 0 aromatic heterocycles. The average molecular weight is 161 g/mol. The molecule has 1 heterocycles. The summed E-state index contributed by atoms with van der Waals surface area (Å²) in [6.07, 6.45) is -0.225. The normalized spacial score (nSPS) is 16.9. The van der Waals surface area contributed by atoms with Gasteiger partial charge in [-0.05, 0) is 32.7 Å². The van der Waals surface area contributed by atoms with E-state index in [9.17, 15) is 4.79 Å². The van der Waals surface area contributed by atoms with Gasteiger partial charge in [0.05, 0.1) is 0 Å². The SMILES string of the molecule is CC(C)(C)OC(=O)N1CS1. The number of hydrogen-bond donors (Lipinski definition) is 0. The topological polar surface area (TPSA) is 29.3 Å². The van der Waals surface area contributed by atoms with E-state index in [4.69, 9.17) is 4.74 Å². The quantitative estimate of drug-likeness (QED) is 0.401. The van der Waals surface area contributed by atoms with Crippen LogP contribution in [-0.4, -0.2) is 21.9 Å². The molecule has 0 spiro atoms. The van der Waals surface area contributed by atoms with E-state index in [1.165, 1.54) is 11.9 Å². The van der Waals surface area contributed by atoms with Crippen molar-refractivity contribution in [2.45, 2.75) is 26.4 Å². The van der Waals surface area contributed by atoms with Gasteiger partial charge < -0.3 is 4.74 Å². The maximum atomic E-state index is 10.9. The van der Waals surface area contributed by atoms with Crippen LogP contribution in [0.2, 0.25) is 0 Å². The van der Waals surface area contributed by atoms with E-state index in [-0.39, 0.29) is 11.7 Å². The number of carbonyl (C=O) groups excluding carboxylic acids is 1. The molecule has 0 bridgehead atoms. The fraction of sp³-hybridized carbons (Fsp3) is 0.833. The van der Waals surface area contributed by atoms with Gasteiger partial charge in [-0.2, -0.15) is 0 Å². The first-order chi connectivity index (χ1) is 4.49. The van der Waals surface area contributed by atoms with Crippen LogP contribution in [0.25, 0.3) is 0 Å². The number of nitrogens with zero attached hydrogens (tertiary/aromatic N) is 1. The Morgan fingerprint density at radius 2 is 2.10 bits per heavy atom. The average Bonchev–Trinajstić information content (AvgIpc) is 2.35. The molecule has 0 unspecified atom stereocenters. The van der Waals surface area contributed by atoms with Crippen molar-refractivity contribution in [3.8, 4) is 0 Å². The Hall–Kier alpha value is -0.380. The molecular weight excluding hydrogens is 150 g/mol. The van der Waals surface area contributed by atoms with Crippen LogP contribution in [-0.2, 0) is 4.74 Å². The molecule has 0 N–H and O–H groups in total. The highest BCUT2D eigenvalue weighted by atomic mass is 32.2. The van der Waals surface area contributed by atoms with E-state index in [0.29, 0.717) is 0 Å². The predicted octanol–water partition coefficient (Wildman–Crippen LogP) is 1.84. The van der Waals surface area contributed by atoms with Gasteiger partial charge in [0.1, 0.15) is 11.5 Å². The van der Waals surface area contributed by atoms with Crippen molar-refractivity contribution in [3.63, 3.8) is 0 Å². The number of carbonyl (C=O) groups is 1. The summed E-state index contributed by atoms with van der Waals surface area (Å²) in [5.41, 5.74) is -0.361. The third kappa shape index (κ3) is 2.47. The van der Waals surface area contributed by atoms with Gasteiger partial charge in [0.25, 0.3) is 0 Å². The zero-order chi connectivity index (χ0) is 7.78. The molecule has 1 aliphatic heterocycles. The molecule has 1 saturated heterocycles. The van der Waals surface area contributed by atoms with E-state index < -0.39 is 0 Å². The van der Waals surface area contributed by atoms with E-state index in [1.807, 2.05) is 20.8 Å². The number of amides is 1. The minimum absolute atomic E-state index is 0.225. The van der Waals surface area contributed by atoms with Crippen molar-refractivity contribution in [1.82, 2.24) is 4.31 Å². The molecule has 1 aliphatic rings. The van der Waals surface area contributed by atoms with Crippen molar-refractivity contribution >= 4 is 18.0 Å². The summed E-state index contributed by atoms with van der Waals surface area (Å²) in [6.45, 7) is 5.58. The number of ether oxygens (including phenoxy) is 1. The van der Waals surface area contributed by atoms with Gasteiger partial charge in [-0.15, -0.1) is 0 Å². The van der Waals surface area contributed by atoms with E-state index in [0.717, 1.165) is 5.88 Å². The van der Waals surface area contributed by atoms with Gasteiger partial charge in [0, 0.05) is 0 Å². The van der Waals surface area contributed by atoms with Crippen LogP contribution in [0.15, 0.2) is 0 Å². The summed E-state index contributed by atoms with van der Waals surface area (Å²) in [4.78, 5) is 10.9. The maximum Gasteiger partial charge on any atom is 0.421 e. The Labute approximate surface area is 64.9 Å². The second kappa shape index (κ2) is 2.34. The molecule has 0 radical (unpaired) electrons. The third-order valence-corrected chi connectivity index (χ3v) is 1.52. The summed E-state index contributed by atoms with van der Waals surface area (Å²) < 4.78 is 6.60. The lowest BCUT2D eigenvalue weighted by Crippen LogP contribution is -2.26. The fourth-order valence-corrected chi connectivity index (χ4v) is 0.753. The Bertz CT molecular complexity index is 148. The van der Waals surface area contributed by atoms with Crippen molar-refractivity contribution in [2.24, 2.45) is 0 Å².